The van der Waals surface area contributed by atoms with Crippen molar-refractivity contribution < 1.29 is 26.7 Å². The van der Waals surface area contributed by atoms with Crippen LogP contribution in [-0.2, 0) is 13.2 Å². The number of nitrogens with zero attached hydrogens (tertiary/aromatic N) is 2. The Morgan fingerprint density at radius 1 is 1.44 bits per heavy atom. The molecule has 0 aliphatic carbocycles. The summed E-state index contributed by atoms with van der Waals surface area (Å²) in [6, 6.07) is 0. The summed E-state index contributed by atoms with van der Waals surface area (Å²) in [6.45, 7) is 0. The van der Waals surface area contributed by atoms with Crippen molar-refractivity contribution in [3.63, 3.8) is 0 Å². The predicted octanol–water partition coefficient (Wildman–Crippen LogP) is 2.76. The second kappa shape index (κ2) is 4.00. The summed E-state index contributed by atoms with van der Waals surface area (Å²) in [4.78, 5) is 10.7. The lowest BCUT2D eigenvalue weighted by Crippen LogP contribution is -2.11. The first-order chi connectivity index (χ1) is 7.16. The number of hydrogen-bond donors (Lipinski definition) is 0. The largest absolute Gasteiger partial charge is 0.435 e. The molecule has 0 unspecified atom stereocenters. The third-order valence-corrected chi connectivity index (χ3v) is 1.95. The maximum absolute atomic E-state index is 12.4. The summed E-state index contributed by atoms with van der Waals surface area (Å²) in [5.74, 6) is 0. The van der Waals surface area contributed by atoms with E-state index < -0.39 is 34.8 Å². The minimum atomic E-state index is -5.01. The molecule has 0 aliphatic heterocycles. The van der Waals surface area contributed by atoms with Gasteiger partial charge in [-0.05, 0) is 11.6 Å². The molecule has 1 aromatic rings. The van der Waals surface area contributed by atoms with Gasteiger partial charge in [0.15, 0.2) is 5.69 Å². The minimum Gasteiger partial charge on any atom is -0.275 e. The molecule has 0 aliphatic rings. The highest BCUT2D eigenvalue weighted by Crippen LogP contribution is 2.36. The Balaban J connectivity index is 3.54. The van der Waals surface area contributed by atoms with Crippen LogP contribution in [0.1, 0.15) is 28.2 Å². The van der Waals surface area contributed by atoms with Crippen LogP contribution in [0, 0.1) is 0 Å². The highest BCUT2D eigenvalue weighted by atomic mass is 35.5. The molecule has 1 aromatic heterocycles. The van der Waals surface area contributed by atoms with Gasteiger partial charge in [-0.1, -0.05) is 0 Å². The fourth-order valence-corrected chi connectivity index (χ4v) is 1.37. The van der Waals surface area contributed by atoms with Crippen molar-refractivity contribution in [1.29, 1.82) is 0 Å². The van der Waals surface area contributed by atoms with Crippen molar-refractivity contribution in [1.82, 2.24) is 9.78 Å². The van der Waals surface area contributed by atoms with Crippen LogP contribution in [0.3, 0.4) is 0 Å². The molecule has 0 spiro atoms. The second-order valence-electron chi connectivity index (χ2n) is 2.80. The van der Waals surface area contributed by atoms with Crippen LogP contribution in [0.5, 0.6) is 0 Å². The fourth-order valence-electron chi connectivity index (χ4n) is 1.18. The van der Waals surface area contributed by atoms with E-state index >= 15 is 0 Å². The fraction of sp³-hybridized carbons (Fsp3) is 0.429. The topological polar surface area (TPSA) is 34.9 Å². The lowest BCUT2D eigenvalue weighted by Gasteiger charge is -2.04. The van der Waals surface area contributed by atoms with Crippen molar-refractivity contribution in [3.05, 3.63) is 17.0 Å². The van der Waals surface area contributed by atoms with Gasteiger partial charge < -0.3 is 0 Å². The van der Waals surface area contributed by atoms with Gasteiger partial charge in [0, 0.05) is 7.05 Å². The van der Waals surface area contributed by atoms with Gasteiger partial charge in [-0.15, -0.1) is 0 Å². The summed E-state index contributed by atoms with van der Waals surface area (Å²) in [7, 11) is 0.875. The van der Waals surface area contributed by atoms with Gasteiger partial charge in [-0.3, -0.25) is 9.48 Å². The van der Waals surface area contributed by atoms with Gasteiger partial charge in [0.25, 0.3) is 11.7 Å². The Hall–Kier alpha value is -1.18. The Morgan fingerprint density at radius 3 is 2.25 bits per heavy atom. The first-order valence-electron chi connectivity index (χ1n) is 3.78. The molecular weight excluding hydrogens is 259 g/mol. The number of hydrogen-bond acceptors (Lipinski definition) is 2. The van der Waals surface area contributed by atoms with Gasteiger partial charge >= 0.3 is 6.18 Å². The van der Waals surface area contributed by atoms with E-state index in [0.29, 0.717) is 4.68 Å². The highest BCUT2D eigenvalue weighted by Gasteiger charge is 2.42. The van der Waals surface area contributed by atoms with Crippen LogP contribution >= 0.6 is 11.6 Å². The highest BCUT2D eigenvalue weighted by molar-refractivity contribution is 6.68. The number of carbonyl (C=O) groups excluding carboxylic acids is 1. The van der Waals surface area contributed by atoms with Gasteiger partial charge in [0.1, 0.15) is 5.69 Å². The van der Waals surface area contributed by atoms with Crippen LogP contribution in [0.25, 0.3) is 0 Å². The number of alkyl halides is 5. The van der Waals surface area contributed by atoms with Crippen LogP contribution < -0.4 is 0 Å². The first kappa shape index (κ1) is 12.9. The Kier molecular flexibility index (Phi) is 3.22. The van der Waals surface area contributed by atoms with Crippen molar-refractivity contribution >= 4 is 16.8 Å². The van der Waals surface area contributed by atoms with Gasteiger partial charge in [-0.2, -0.15) is 18.3 Å². The van der Waals surface area contributed by atoms with Crippen molar-refractivity contribution in [2.75, 3.05) is 0 Å². The third-order valence-electron chi connectivity index (χ3n) is 1.76. The number of halogens is 6. The van der Waals surface area contributed by atoms with Gasteiger partial charge in [-0.25, -0.2) is 8.78 Å². The summed E-state index contributed by atoms with van der Waals surface area (Å²) in [6.07, 6.45) is -8.28. The van der Waals surface area contributed by atoms with E-state index in [1.165, 1.54) is 0 Å². The molecule has 0 atom stereocenters. The van der Waals surface area contributed by atoms with E-state index in [-0.39, 0.29) is 0 Å². The first-order valence-corrected chi connectivity index (χ1v) is 4.16. The smallest absolute Gasteiger partial charge is 0.275 e. The Bertz CT molecular complexity index is 425. The van der Waals surface area contributed by atoms with E-state index in [2.05, 4.69) is 5.10 Å². The summed E-state index contributed by atoms with van der Waals surface area (Å²) in [5.41, 5.74) is -4.15. The zero-order valence-corrected chi connectivity index (χ0v) is 8.40. The Labute approximate surface area is 90.8 Å². The maximum Gasteiger partial charge on any atom is 0.435 e. The van der Waals surface area contributed by atoms with Gasteiger partial charge in [0.05, 0.1) is 5.56 Å². The number of rotatable bonds is 2. The average Bonchev–Trinajstić information content (AvgIpc) is 2.41. The molecule has 1 rings (SSSR count). The van der Waals surface area contributed by atoms with Crippen LogP contribution in [0.2, 0.25) is 0 Å². The van der Waals surface area contributed by atoms with E-state index in [9.17, 15) is 26.7 Å². The van der Waals surface area contributed by atoms with Crippen LogP contribution in [0.15, 0.2) is 0 Å². The number of carbonyl (C=O) groups is 1. The van der Waals surface area contributed by atoms with Crippen LogP contribution in [0.4, 0.5) is 22.0 Å². The number of aryl methyl sites for hydroxylation is 1. The van der Waals surface area contributed by atoms with E-state index in [4.69, 9.17) is 11.6 Å². The molecule has 0 aromatic carbocycles. The molecule has 1 heterocycles. The van der Waals surface area contributed by atoms with Crippen molar-refractivity contribution in [2.24, 2.45) is 7.05 Å². The van der Waals surface area contributed by atoms with Crippen molar-refractivity contribution in [2.45, 2.75) is 12.6 Å². The van der Waals surface area contributed by atoms with Gasteiger partial charge in [0.2, 0.25) is 0 Å². The minimum absolute atomic E-state index is 0.295. The Morgan fingerprint density at radius 2 is 1.94 bits per heavy atom. The van der Waals surface area contributed by atoms with E-state index in [0.717, 1.165) is 7.05 Å². The standard InChI is InChI=1S/C7H4ClF5N2O/c1-15-3(6(9)10)2(5(8)16)4(14-15)7(11,12)13/h6H,1H3. The molecule has 0 bridgehead atoms. The molecule has 9 heteroatoms. The second-order valence-corrected chi connectivity index (χ2v) is 3.15. The van der Waals surface area contributed by atoms with E-state index in [1.54, 1.807) is 0 Å². The molecule has 16 heavy (non-hydrogen) atoms. The maximum atomic E-state index is 12.4. The molecule has 90 valence electrons. The van der Waals surface area contributed by atoms with E-state index in [1.807, 2.05) is 0 Å². The molecule has 0 amide bonds. The molecule has 0 saturated carbocycles. The normalized spacial score (nSPS) is 12.2. The molecule has 0 radical (unpaired) electrons. The zero-order chi connectivity index (χ0) is 12.7. The third kappa shape index (κ3) is 2.16. The zero-order valence-electron chi connectivity index (χ0n) is 7.65. The molecule has 0 fully saturated rings. The SMILES string of the molecule is Cn1nc(C(F)(F)F)c(C(=O)Cl)c1C(F)F. The van der Waals surface area contributed by atoms with Crippen LogP contribution in [-0.4, -0.2) is 15.0 Å². The summed E-state index contributed by atoms with van der Waals surface area (Å²) in [5, 5.41) is 1.22. The number of aromatic nitrogens is 2. The molecule has 0 N–H and O–H groups in total. The predicted molar refractivity (Wildman–Crippen MR) is 43.4 cm³/mol. The van der Waals surface area contributed by atoms with Crippen molar-refractivity contribution in [3.8, 4) is 0 Å². The quantitative estimate of drug-likeness (QED) is 0.607. The molecule has 0 saturated heterocycles. The monoisotopic (exact) mass is 262 g/mol. The molecular formula is C7H4ClF5N2O. The molecule has 3 nitrogen and oxygen atoms in total. The lowest BCUT2D eigenvalue weighted by atomic mass is 10.2. The lowest BCUT2D eigenvalue weighted by molar-refractivity contribution is -0.141. The average molecular weight is 263 g/mol. The summed E-state index contributed by atoms with van der Waals surface area (Å²) >= 11 is 4.85. The summed E-state index contributed by atoms with van der Waals surface area (Å²) < 4.78 is 62.1.